The summed E-state index contributed by atoms with van der Waals surface area (Å²) in [7, 11) is 0. The number of benzene rings is 1. The third-order valence-electron chi connectivity index (χ3n) is 2.37. The van der Waals surface area contributed by atoms with Gasteiger partial charge in [0.2, 0.25) is 0 Å². The molecule has 0 aromatic heterocycles. The minimum Gasteiger partial charge on any atom is -0.477 e. The molecule has 2 rings (SSSR count). The Morgan fingerprint density at radius 2 is 2.19 bits per heavy atom. The summed E-state index contributed by atoms with van der Waals surface area (Å²) in [5.41, 5.74) is 0.537. The van der Waals surface area contributed by atoms with Gasteiger partial charge < -0.3 is 10.1 Å². The molecule has 5 heteroatoms. The molecule has 1 aromatic rings. The number of nitrogens with one attached hydrogen (secondary N) is 1. The van der Waals surface area contributed by atoms with Crippen LogP contribution in [0.3, 0.4) is 0 Å². The average Bonchev–Trinajstić information content (AvgIpc) is 2.20. The smallest absolute Gasteiger partial charge is 0.265 e. The van der Waals surface area contributed by atoms with Crippen molar-refractivity contribution in [3.8, 4) is 5.75 Å². The van der Waals surface area contributed by atoms with Gasteiger partial charge in [-0.1, -0.05) is 36.5 Å². The molecule has 0 bridgehead atoms. The van der Waals surface area contributed by atoms with Crippen molar-refractivity contribution in [2.45, 2.75) is 25.9 Å². The van der Waals surface area contributed by atoms with Crippen LogP contribution in [0.5, 0.6) is 5.75 Å². The molecule has 1 aromatic carbocycles. The van der Waals surface area contributed by atoms with Gasteiger partial charge >= 0.3 is 0 Å². The van der Waals surface area contributed by atoms with E-state index in [4.69, 9.17) is 27.9 Å². The summed E-state index contributed by atoms with van der Waals surface area (Å²) in [6, 6.07) is 3.23. The van der Waals surface area contributed by atoms with Crippen LogP contribution < -0.4 is 10.1 Å². The standard InChI is InChI=1S/C11H11Cl2NO2/c1-2-3-9-11(15)14-8-5-6(12)4-7(13)10(8)16-9/h4-5,9H,2-3H2,1H3,(H,14,15). The second-order valence-electron chi connectivity index (χ2n) is 3.65. The highest BCUT2D eigenvalue weighted by molar-refractivity contribution is 6.36. The molecule has 16 heavy (non-hydrogen) atoms. The summed E-state index contributed by atoms with van der Waals surface area (Å²) in [6.07, 6.45) is 1.08. The fourth-order valence-electron chi connectivity index (χ4n) is 1.63. The van der Waals surface area contributed by atoms with Crippen LogP contribution in [0.25, 0.3) is 0 Å². The van der Waals surface area contributed by atoms with Crippen molar-refractivity contribution in [2.24, 2.45) is 0 Å². The summed E-state index contributed by atoms with van der Waals surface area (Å²) in [5.74, 6) is 0.358. The monoisotopic (exact) mass is 259 g/mol. The Morgan fingerprint density at radius 3 is 2.88 bits per heavy atom. The molecule has 0 saturated carbocycles. The second-order valence-corrected chi connectivity index (χ2v) is 4.49. The maximum atomic E-state index is 11.6. The van der Waals surface area contributed by atoms with Crippen LogP contribution >= 0.6 is 23.2 Å². The zero-order chi connectivity index (χ0) is 11.7. The van der Waals surface area contributed by atoms with Gasteiger partial charge in [0.05, 0.1) is 10.7 Å². The van der Waals surface area contributed by atoms with Crippen LogP contribution in [0.2, 0.25) is 10.0 Å². The van der Waals surface area contributed by atoms with Crippen LogP contribution in [0.4, 0.5) is 5.69 Å². The maximum absolute atomic E-state index is 11.6. The lowest BCUT2D eigenvalue weighted by Gasteiger charge is -2.26. The number of carbonyl (C=O) groups excluding carboxylic acids is 1. The highest BCUT2D eigenvalue weighted by Gasteiger charge is 2.28. The zero-order valence-corrected chi connectivity index (χ0v) is 10.2. The van der Waals surface area contributed by atoms with Crippen LogP contribution in [0.1, 0.15) is 19.8 Å². The first kappa shape index (κ1) is 11.6. The van der Waals surface area contributed by atoms with Crippen molar-refractivity contribution in [1.82, 2.24) is 0 Å². The highest BCUT2D eigenvalue weighted by Crippen LogP contribution is 2.39. The maximum Gasteiger partial charge on any atom is 0.265 e. The molecule has 0 aliphatic carbocycles. The third kappa shape index (κ3) is 2.11. The fraction of sp³-hybridized carbons (Fsp3) is 0.364. The summed E-state index contributed by atoms with van der Waals surface area (Å²) in [6.45, 7) is 2.00. The normalized spacial score (nSPS) is 18.7. The minimum atomic E-state index is -0.462. The first-order chi connectivity index (χ1) is 7.61. The number of anilines is 1. The highest BCUT2D eigenvalue weighted by atomic mass is 35.5. The van der Waals surface area contributed by atoms with E-state index in [1.807, 2.05) is 6.92 Å². The molecule has 0 spiro atoms. The molecule has 0 fully saturated rings. The number of hydrogen-bond acceptors (Lipinski definition) is 2. The molecule has 1 aliphatic rings. The minimum absolute atomic E-state index is 0.146. The molecular formula is C11H11Cl2NO2. The Bertz CT molecular complexity index is 434. The van der Waals surface area contributed by atoms with Gasteiger partial charge in [0.25, 0.3) is 5.91 Å². The Kier molecular flexibility index (Phi) is 3.26. The molecular weight excluding hydrogens is 249 g/mol. The predicted molar refractivity (Wildman–Crippen MR) is 64.4 cm³/mol. The molecule has 1 aliphatic heterocycles. The van der Waals surface area contributed by atoms with Gasteiger partial charge in [-0.3, -0.25) is 4.79 Å². The van der Waals surface area contributed by atoms with Crippen molar-refractivity contribution in [1.29, 1.82) is 0 Å². The fourth-order valence-corrected chi connectivity index (χ4v) is 2.17. The molecule has 1 heterocycles. The molecule has 0 saturated heterocycles. The van der Waals surface area contributed by atoms with Gasteiger partial charge in [0, 0.05) is 5.02 Å². The van der Waals surface area contributed by atoms with Crippen LogP contribution in [-0.4, -0.2) is 12.0 Å². The molecule has 1 amide bonds. The Hall–Kier alpha value is -0.930. The van der Waals surface area contributed by atoms with E-state index in [9.17, 15) is 4.79 Å². The first-order valence-corrected chi connectivity index (χ1v) is 5.84. The summed E-state index contributed by atoms with van der Waals surface area (Å²) in [5, 5.41) is 3.64. The molecule has 3 nitrogen and oxygen atoms in total. The molecule has 1 unspecified atom stereocenters. The molecule has 1 atom stereocenters. The largest absolute Gasteiger partial charge is 0.477 e. The predicted octanol–water partition coefficient (Wildman–Crippen LogP) is 3.49. The number of hydrogen-bond donors (Lipinski definition) is 1. The van der Waals surface area contributed by atoms with E-state index in [0.29, 0.717) is 27.9 Å². The molecule has 1 N–H and O–H groups in total. The number of fused-ring (bicyclic) bond motifs is 1. The van der Waals surface area contributed by atoms with E-state index in [2.05, 4.69) is 5.32 Å². The zero-order valence-electron chi connectivity index (χ0n) is 8.72. The van der Waals surface area contributed by atoms with Gasteiger partial charge in [-0.25, -0.2) is 0 Å². The van der Waals surface area contributed by atoms with E-state index < -0.39 is 6.10 Å². The number of halogens is 2. The first-order valence-electron chi connectivity index (χ1n) is 5.08. The van der Waals surface area contributed by atoms with E-state index >= 15 is 0 Å². The van der Waals surface area contributed by atoms with Crippen molar-refractivity contribution in [3.63, 3.8) is 0 Å². The Morgan fingerprint density at radius 1 is 1.44 bits per heavy atom. The van der Waals surface area contributed by atoms with Gasteiger partial charge in [0.15, 0.2) is 11.9 Å². The quantitative estimate of drug-likeness (QED) is 0.883. The second kappa shape index (κ2) is 4.52. The topological polar surface area (TPSA) is 38.3 Å². The van der Waals surface area contributed by atoms with E-state index in [0.717, 1.165) is 6.42 Å². The van der Waals surface area contributed by atoms with Crippen molar-refractivity contribution < 1.29 is 9.53 Å². The Labute approximate surface area is 104 Å². The summed E-state index contributed by atoms with van der Waals surface area (Å²) < 4.78 is 5.57. The van der Waals surface area contributed by atoms with Gasteiger partial charge in [0.1, 0.15) is 0 Å². The van der Waals surface area contributed by atoms with Crippen LogP contribution in [-0.2, 0) is 4.79 Å². The van der Waals surface area contributed by atoms with Crippen molar-refractivity contribution in [2.75, 3.05) is 5.32 Å². The number of carbonyl (C=O) groups is 1. The lowest BCUT2D eigenvalue weighted by Crippen LogP contribution is -2.36. The van der Waals surface area contributed by atoms with E-state index in [-0.39, 0.29) is 5.91 Å². The van der Waals surface area contributed by atoms with E-state index in [1.165, 1.54) is 0 Å². The van der Waals surface area contributed by atoms with Gasteiger partial charge in [-0.2, -0.15) is 0 Å². The third-order valence-corrected chi connectivity index (χ3v) is 2.87. The van der Waals surface area contributed by atoms with Crippen molar-refractivity contribution >= 4 is 34.8 Å². The van der Waals surface area contributed by atoms with Crippen LogP contribution in [0.15, 0.2) is 12.1 Å². The number of ether oxygens (including phenoxy) is 1. The van der Waals surface area contributed by atoms with Gasteiger partial charge in [-0.15, -0.1) is 0 Å². The van der Waals surface area contributed by atoms with Gasteiger partial charge in [-0.05, 0) is 18.6 Å². The Balaban J connectivity index is 2.35. The summed E-state index contributed by atoms with van der Waals surface area (Å²) in [4.78, 5) is 11.6. The van der Waals surface area contributed by atoms with Crippen molar-refractivity contribution in [3.05, 3.63) is 22.2 Å². The number of rotatable bonds is 2. The average molecular weight is 260 g/mol. The molecule has 0 radical (unpaired) electrons. The lowest BCUT2D eigenvalue weighted by atomic mass is 10.1. The van der Waals surface area contributed by atoms with Crippen LogP contribution in [0, 0.1) is 0 Å². The SMILES string of the molecule is CCCC1Oc2c(Cl)cc(Cl)cc2NC1=O. The molecule has 86 valence electrons. The summed E-state index contributed by atoms with van der Waals surface area (Å²) >= 11 is 11.8. The lowest BCUT2D eigenvalue weighted by molar-refractivity contribution is -0.123. The number of amides is 1. The van der Waals surface area contributed by atoms with E-state index in [1.54, 1.807) is 12.1 Å².